The number of aromatic nitrogens is 2. The molecule has 7 heteroatoms. The summed E-state index contributed by atoms with van der Waals surface area (Å²) in [6, 6.07) is 0. The van der Waals surface area contributed by atoms with Gasteiger partial charge in [0.1, 0.15) is 24.3 Å². The molecule has 0 spiro atoms. The summed E-state index contributed by atoms with van der Waals surface area (Å²) >= 11 is 0. The van der Waals surface area contributed by atoms with Crippen molar-refractivity contribution in [3.63, 3.8) is 0 Å². The Morgan fingerprint density at radius 3 is 2.81 bits per heavy atom. The minimum absolute atomic E-state index is 0.0383. The molecular weight excluding hydrogens is 456 g/mol. The summed E-state index contributed by atoms with van der Waals surface area (Å²) in [5.41, 5.74) is 2.68. The minimum Gasteiger partial charge on any atom is -0.448 e. The van der Waals surface area contributed by atoms with E-state index in [1.165, 1.54) is 5.57 Å². The molecule has 0 aliphatic carbocycles. The van der Waals surface area contributed by atoms with Gasteiger partial charge in [0, 0.05) is 33.5 Å². The number of nitrogens with zero attached hydrogens (tertiary/aromatic N) is 2. The van der Waals surface area contributed by atoms with Crippen molar-refractivity contribution >= 4 is 0 Å². The normalized spacial score (nSPS) is 23.1. The largest absolute Gasteiger partial charge is 0.448 e. The van der Waals surface area contributed by atoms with Crippen molar-refractivity contribution in [2.45, 2.75) is 90.6 Å². The summed E-state index contributed by atoms with van der Waals surface area (Å²) < 4.78 is 28.8. The Morgan fingerprint density at radius 1 is 1.22 bits per heavy atom. The second kappa shape index (κ2) is 13.7. The van der Waals surface area contributed by atoms with E-state index in [1.807, 2.05) is 6.92 Å². The third-order valence-corrected chi connectivity index (χ3v) is 6.56. The molecule has 198 valence electrons. The van der Waals surface area contributed by atoms with E-state index in [2.05, 4.69) is 61.1 Å². The number of methoxy groups -OCH3 is 2. The zero-order valence-corrected chi connectivity index (χ0v) is 22.7. The third kappa shape index (κ3) is 8.29. The van der Waals surface area contributed by atoms with Crippen LogP contribution in [0.15, 0.2) is 57.3 Å². The predicted octanol–water partition coefficient (Wildman–Crippen LogP) is 7.38. The zero-order chi connectivity index (χ0) is 26.0. The molecule has 0 bridgehead atoms. The van der Waals surface area contributed by atoms with Gasteiger partial charge in [-0.2, -0.15) is 0 Å². The monoisotopic (exact) mass is 498 g/mol. The predicted molar refractivity (Wildman–Crippen MR) is 140 cm³/mol. The quantitative estimate of drug-likeness (QED) is 0.267. The summed E-state index contributed by atoms with van der Waals surface area (Å²) in [6.07, 6.45) is 20.1. The van der Waals surface area contributed by atoms with Crippen molar-refractivity contribution < 1.29 is 23.0 Å². The van der Waals surface area contributed by atoms with E-state index in [-0.39, 0.29) is 12.2 Å². The topological polar surface area (TPSA) is 79.8 Å². The van der Waals surface area contributed by atoms with Crippen LogP contribution in [0.5, 0.6) is 0 Å². The van der Waals surface area contributed by atoms with Crippen LogP contribution >= 0.6 is 0 Å². The first kappa shape index (κ1) is 28.1. The van der Waals surface area contributed by atoms with Gasteiger partial charge in [-0.1, -0.05) is 42.9 Å². The van der Waals surface area contributed by atoms with Crippen LogP contribution in [0.25, 0.3) is 11.6 Å². The molecule has 1 saturated heterocycles. The van der Waals surface area contributed by atoms with Crippen LogP contribution in [0.2, 0.25) is 0 Å². The van der Waals surface area contributed by atoms with Crippen molar-refractivity contribution in [3.8, 4) is 11.6 Å². The lowest BCUT2D eigenvalue weighted by Gasteiger charge is -2.38. The van der Waals surface area contributed by atoms with Gasteiger partial charge in [-0.25, -0.2) is 9.97 Å². The summed E-state index contributed by atoms with van der Waals surface area (Å²) in [5.74, 6) is 1.03. The van der Waals surface area contributed by atoms with Crippen LogP contribution in [0.3, 0.4) is 0 Å². The maximum Gasteiger partial charge on any atom is 0.248 e. The van der Waals surface area contributed by atoms with E-state index in [0.717, 1.165) is 44.2 Å². The van der Waals surface area contributed by atoms with Gasteiger partial charge in [-0.3, -0.25) is 0 Å². The molecule has 1 aliphatic heterocycles. The molecule has 1 fully saturated rings. The molecule has 36 heavy (non-hydrogen) atoms. The Hall–Kier alpha value is -2.48. The summed E-state index contributed by atoms with van der Waals surface area (Å²) in [7, 11) is 3.37. The second-order valence-electron chi connectivity index (χ2n) is 9.75. The highest BCUT2D eigenvalue weighted by molar-refractivity contribution is 5.44. The first-order valence-electron chi connectivity index (χ1n) is 13.0. The Morgan fingerprint density at radius 2 is 2.06 bits per heavy atom. The molecule has 0 aromatic carbocycles. The fourth-order valence-electron chi connectivity index (χ4n) is 4.56. The van der Waals surface area contributed by atoms with Crippen LogP contribution in [0.1, 0.15) is 83.9 Å². The molecule has 1 aliphatic rings. The summed E-state index contributed by atoms with van der Waals surface area (Å²) in [4.78, 5) is 9.19. The lowest BCUT2D eigenvalue weighted by molar-refractivity contribution is -0.261. The van der Waals surface area contributed by atoms with Gasteiger partial charge in [0.2, 0.25) is 5.89 Å². The Bertz CT molecular complexity index is 1020. The van der Waals surface area contributed by atoms with Gasteiger partial charge in [0.15, 0.2) is 17.4 Å². The molecular formula is C29H42N2O5. The van der Waals surface area contributed by atoms with Gasteiger partial charge in [-0.05, 0) is 52.4 Å². The highest BCUT2D eigenvalue weighted by Gasteiger charge is 2.34. The maximum absolute atomic E-state index is 6.17. The van der Waals surface area contributed by atoms with Gasteiger partial charge < -0.3 is 23.0 Å². The average Bonchev–Trinajstić information content (AvgIpc) is 3.52. The van der Waals surface area contributed by atoms with Gasteiger partial charge in [-0.15, -0.1) is 0 Å². The van der Waals surface area contributed by atoms with E-state index in [9.17, 15) is 0 Å². The van der Waals surface area contributed by atoms with E-state index >= 15 is 0 Å². The smallest absolute Gasteiger partial charge is 0.248 e. The average molecular weight is 499 g/mol. The molecule has 2 aromatic heterocycles. The molecule has 0 N–H and O–H groups in total. The van der Waals surface area contributed by atoms with Crippen LogP contribution in [-0.4, -0.2) is 36.1 Å². The Labute approximate surface area is 215 Å². The van der Waals surface area contributed by atoms with Crippen molar-refractivity contribution in [1.82, 2.24) is 9.97 Å². The first-order chi connectivity index (χ1) is 17.4. The van der Waals surface area contributed by atoms with Crippen molar-refractivity contribution in [1.29, 1.82) is 0 Å². The van der Waals surface area contributed by atoms with E-state index in [4.69, 9.17) is 23.0 Å². The van der Waals surface area contributed by atoms with Crippen molar-refractivity contribution in [3.05, 3.63) is 60.1 Å². The minimum atomic E-state index is -0.539. The second-order valence-corrected chi connectivity index (χ2v) is 9.75. The van der Waals surface area contributed by atoms with Gasteiger partial charge in [0.05, 0.1) is 6.10 Å². The summed E-state index contributed by atoms with van der Waals surface area (Å²) in [5, 5.41) is 0. The number of hydrogen-bond donors (Lipinski definition) is 0. The SMILES string of the molecule is CC=CC(C)C=C(C)CC=CCCc1nc(-c2nc(C(CC3CCCC(C)(OC)O3)OC)co2)co1. The number of aryl methyl sites for hydroxylation is 1. The molecule has 0 saturated carbocycles. The van der Waals surface area contributed by atoms with Crippen LogP contribution in [0, 0.1) is 5.92 Å². The molecule has 7 nitrogen and oxygen atoms in total. The van der Waals surface area contributed by atoms with Crippen LogP contribution in [0.4, 0.5) is 0 Å². The van der Waals surface area contributed by atoms with E-state index in [1.54, 1.807) is 26.7 Å². The van der Waals surface area contributed by atoms with E-state index in [0.29, 0.717) is 29.8 Å². The van der Waals surface area contributed by atoms with Gasteiger partial charge in [0.25, 0.3) is 0 Å². The fourth-order valence-corrected chi connectivity index (χ4v) is 4.56. The molecule has 0 amide bonds. The lowest BCUT2D eigenvalue weighted by Crippen LogP contribution is -2.40. The van der Waals surface area contributed by atoms with Crippen LogP contribution in [-0.2, 0) is 20.6 Å². The zero-order valence-electron chi connectivity index (χ0n) is 22.7. The molecule has 0 radical (unpaired) electrons. The standard InChI is InChI=1S/C29H42N2O5/c1-7-12-21(2)17-22(3)13-9-8-10-15-27-30-25(20-34-27)28-31-24(19-35-28)26(32-5)18-23-14-11-16-29(4,33-6)36-23/h7-9,12,17,19-21,23,26H,10-11,13-16,18H2,1-6H3. The van der Waals surface area contributed by atoms with E-state index < -0.39 is 5.79 Å². The molecule has 2 aromatic rings. The molecule has 4 atom stereocenters. The lowest BCUT2D eigenvalue weighted by atomic mass is 9.97. The fraction of sp³-hybridized carbons (Fsp3) is 0.586. The van der Waals surface area contributed by atoms with Crippen molar-refractivity contribution in [2.24, 2.45) is 5.92 Å². The highest BCUT2D eigenvalue weighted by Crippen LogP contribution is 2.34. The Balaban J connectivity index is 1.51. The number of ether oxygens (including phenoxy) is 3. The molecule has 4 unspecified atom stereocenters. The first-order valence-corrected chi connectivity index (χ1v) is 13.0. The number of oxazole rings is 2. The number of hydrogen-bond acceptors (Lipinski definition) is 7. The Kier molecular flexibility index (Phi) is 10.7. The highest BCUT2D eigenvalue weighted by atomic mass is 16.7. The summed E-state index contributed by atoms with van der Waals surface area (Å²) in [6.45, 7) is 8.40. The number of allylic oxidation sites excluding steroid dienone is 6. The van der Waals surface area contributed by atoms with Crippen LogP contribution < -0.4 is 0 Å². The van der Waals surface area contributed by atoms with Crippen molar-refractivity contribution in [2.75, 3.05) is 14.2 Å². The number of rotatable bonds is 13. The maximum atomic E-state index is 6.17. The van der Waals surface area contributed by atoms with Gasteiger partial charge >= 0.3 is 0 Å². The molecule has 3 heterocycles. The molecule has 3 rings (SSSR count). The third-order valence-electron chi connectivity index (χ3n) is 6.56.